The molecule has 0 saturated carbocycles. The maximum Gasteiger partial charge on any atom is 0.416 e. The fourth-order valence-corrected chi connectivity index (χ4v) is 2.32. The van der Waals surface area contributed by atoms with E-state index in [1.807, 2.05) is 31.2 Å². The van der Waals surface area contributed by atoms with Crippen LogP contribution in [0.25, 0.3) is 0 Å². The molecule has 0 aliphatic rings. The van der Waals surface area contributed by atoms with E-state index in [4.69, 9.17) is 0 Å². The summed E-state index contributed by atoms with van der Waals surface area (Å²) in [4.78, 5) is 8.33. The molecule has 0 bridgehead atoms. The summed E-state index contributed by atoms with van der Waals surface area (Å²) < 4.78 is 38.4. The summed E-state index contributed by atoms with van der Waals surface area (Å²) in [5.74, 6) is 0.799. The highest BCUT2D eigenvalue weighted by Gasteiger charge is 2.30. The van der Waals surface area contributed by atoms with Gasteiger partial charge in [-0.2, -0.15) is 18.2 Å². The standard InChI is InChI=1S/C19H17F3N4/c1-13-5-7-14(8-6-13)12-24-17-9-10-23-18(26-17)25-16-4-2-3-15(11-16)19(20,21)22/h2-11H,12H2,1H3,(H2,23,24,25,26). The smallest absolute Gasteiger partial charge is 0.366 e. The van der Waals surface area contributed by atoms with Crippen LogP contribution in [0.2, 0.25) is 0 Å². The summed E-state index contributed by atoms with van der Waals surface area (Å²) in [5, 5.41) is 5.97. The van der Waals surface area contributed by atoms with Crippen molar-refractivity contribution < 1.29 is 13.2 Å². The SMILES string of the molecule is Cc1ccc(CNc2ccnc(Nc3cccc(C(F)(F)F)c3)n2)cc1. The van der Waals surface area contributed by atoms with Gasteiger partial charge in [0, 0.05) is 18.4 Å². The zero-order valence-electron chi connectivity index (χ0n) is 14.0. The van der Waals surface area contributed by atoms with Crippen molar-refractivity contribution in [2.45, 2.75) is 19.6 Å². The predicted octanol–water partition coefficient (Wildman–Crippen LogP) is 5.16. The number of nitrogens with one attached hydrogen (secondary N) is 2. The van der Waals surface area contributed by atoms with E-state index in [1.54, 1.807) is 12.3 Å². The van der Waals surface area contributed by atoms with E-state index in [-0.39, 0.29) is 11.6 Å². The first-order chi connectivity index (χ1) is 12.4. The molecule has 1 aromatic heterocycles. The summed E-state index contributed by atoms with van der Waals surface area (Å²) in [7, 11) is 0. The lowest BCUT2D eigenvalue weighted by Gasteiger charge is -2.11. The van der Waals surface area contributed by atoms with Crippen molar-refractivity contribution in [2.24, 2.45) is 0 Å². The van der Waals surface area contributed by atoms with Gasteiger partial charge in [-0.05, 0) is 36.8 Å². The third kappa shape index (κ3) is 4.72. The molecule has 2 N–H and O–H groups in total. The number of halogens is 3. The number of aromatic nitrogens is 2. The van der Waals surface area contributed by atoms with E-state index in [2.05, 4.69) is 20.6 Å². The zero-order valence-corrected chi connectivity index (χ0v) is 14.0. The Labute approximate surface area is 149 Å². The van der Waals surface area contributed by atoms with Crippen LogP contribution < -0.4 is 10.6 Å². The quantitative estimate of drug-likeness (QED) is 0.661. The first kappa shape index (κ1) is 17.7. The summed E-state index contributed by atoms with van der Waals surface area (Å²) >= 11 is 0. The Hall–Kier alpha value is -3.09. The number of hydrogen-bond acceptors (Lipinski definition) is 4. The summed E-state index contributed by atoms with van der Waals surface area (Å²) in [6, 6.07) is 14.7. The van der Waals surface area contributed by atoms with Crippen molar-refractivity contribution in [2.75, 3.05) is 10.6 Å². The first-order valence-corrected chi connectivity index (χ1v) is 7.97. The third-order valence-electron chi connectivity index (χ3n) is 3.70. The first-order valence-electron chi connectivity index (χ1n) is 7.97. The molecule has 0 aliphatic carbocycles. The minimum absolute atomic E-state index is 0.221. The number of hydrogen-bond donors (Lipinski definition) is 2. The molecule has 0 fully saturated rings. The molecule has 7 heteroatoms. The van der Waals surface area contributed by atoms with Gasteiger partial charge in [-0.3, -0.25) is 0 Å². The second kappa shape index (κ2) is 7.43. The van der Waals surface area contributed by atoms with Crippen LogP contribution in [-0.4, -0.2) is 9.97 Å². The summed E-state index contributed by atoms with van der Waals surface area (Å²) in [6.45, 7) is 2.60. The van der Waals surface area contributed by atoms with E-state index in [0.717, 1.165) is 17.7 Å². The second-order valence-corrected chi connectivity index (χ2v) is 5.81. The van der Waals surface area contributed by atoms with Gasteiger partial charge in [0.1, 0.15) is 5.82 Å². The molecule has 3 rings (SSSR count). The topological polar surface area (TPSA) is 49.8 Å². The van der Waals surface area contributed by atoms with Crippen molar-refractivity contribution >= 4 is 17.5 Å². The van der Waals surface area contributed by atoms with Gasteiger partial charge in [-0.25, -0.2) is 4.98 Å². The average Bonchev–Trinajstić information content (AvgIpc) is 2.61. The average molecular weight is 358 g/mol. The van der Waals surface area contributed by atoms with E-state index in [9.17, 15) is 13.2 Å². The molecule has 0 spiro atoms. The Morgan fingerprint density at radius 1 is 1.00 bits per heavy atom. The highest BCUT2D eigenvalue weighted by atomic mass is 19.4. The summed E-state index contributed by atoms with van der Waals surface area (Å²) in [6.07, 6.45) is -2.85. The number of aryl methyl sites for hydroxylation is 1. The van der Waals surface area contributed by atoms with Gasteiger partial charge in [0.05, 0.1) is 5.56 Å². The van der Waals surface area contributed by atoms with Gasteiger partial charge in [0.15, 0.2) is 0 Å². The number of nitrogens with zero attached hydrogens (tertiary/aromatic N) is 2. The van der Waals surface area contributed by atoms with Gasteiger partial charge in [0.2, 0.25) is 5.95 Å². The lowest BCUT2D eigenvalue weighted by atomic mass is 10.1. The van der Waals surface area contributed by atoms with E-state index < -0.39 is 11.7 Å². The molecule has 26 heavy (non-hydrogen) atoms. The molecular weight excluding hydrogens is 341 g/mol. The Balaban J connectivity index is 1.68. The Kier molecular flexibility index (Phi) is 5.06. The van der Waals surface area contributed by atoms with Crippen molar-refractivity contribution in [1.29, 1.82) is 0 Å². The van der Waals surface area contributed by atoms with Crippen molar-refractivity contribution in [3.63, 3.8) is 0 Å². The predicted molar refractivity (Wildman–Crippen MR) is 95.3 cm³/mol. The lowest BCUT2D eigenvalue weighted by molar-refractivity contribution is -0.137. The van der Waals surface area contributed by atoms with Crippen LogP contribution in [0.5, 0.6) is 0 Å². The van der Waals surface area contributed by atoms with Crippen molar-refractivity contribution in [3.8, 4) is 0 Å². The van der Waals surface area contributed by atoms with Crippen LogP contribution >= 0.6 is 0 Å². The fourth-order valence-electron chi connectivity index (χ4n) is 2.32. The van der Waals surface area contributed by atoms with Crippen LogP contribution in [0, 0.1) is 6.92 Å². The monoisotopic (exact) mass is 358 g/mol. The summed E-state index contributed by atoms with van der Waals surface area (Å²) in [5.41, 5.74) is 1.83. The lowest BCUT2D eigenvalue weighted by Crippen LogP contribution is -2.06. The second-order valence-electron chi connectivity index (χ2n) is 5.81. The molecule has 0 aliphatic heterocycles. The zero-order chi connectivity index (χ0) is 18.6. The van der Waals surface area contributed by atoms with E-state index in [1.165, 1.54) is 17.7 Å². The number of anilines is 3. The van der Waals surface area contributed by atoms with Gasteiger partial charge in [-0.1, -0.05) is 35.9 Å². The van der Waals surface area contributed by atoms with Crippen molar-refractivity contribution in [1.82, 2.24) is 9.97 Å². The maximum absolute atomic E-state index is 12.8. The van der Waals surface area contributed by atoms with Crippen LogP contribution in [0.4, 0.5) is 30.6 Å². The number of alkyl halides is 3. The largest absolute Gasteiger partial charge is 0.416 e. The van der Waals surface area contributed by atoms with Crippen LogP contribution in [0.15, 0.2) is 60.8 Å². The van der Waals surface area contributed by atoms with Gasteiger partial charge < -0.3 is 10.6 Å². The molecular formula is C19H17F3N4. The highest BCUT2D eigenvalue weighted by molar-refractivity contribution is 5.56. The molecule has 134 valence electrons. The molecule has 0 saturated heterocycles. The molecule has 3 aromatic rings. The van der Waals surface area contributed by atoms with Gasteiger partial charge in [0.25, 0.3) is 0 Å². The number of rotatable bonds is 5. The van der Waals surface area contributed by atoms with Crippen LogP contribution in [0.1, 0.15) is 16.7 Å². The molecule has 0 unspecified atom stereocenters. The van der Waals surface area contributed by atoms with Crippen LogP contribution in [-0.2, 0) is 12.7 Å². The maximum atomic E-state index is 12.8. The molecule has 4 nitrogen and oxygen atoms in total. The Morgan fingerprint density at radius 3 is 2.50 bits per heavy atom. The van der Waals surface area contributed by atoms with E-state index in [0.29, 0.717) is 12.4 Å². The van der Waals surface area contributed by atoms with E-state index >= 15 is 0 Å². The molecule has 0 atom stereocenters. The fraction of sp³-hybridized carbons (Fsp3) is 0.158. The van der Waals surface area contributed by atoms with Gasteiger partial charge in [-0.15, -0.1) is 0 Å². The van der Waals surface area contributed by atoms with Crippen LogP contribution in [0.3, 0.4) is 0 Å². The Bertz CT molecular complexity index is 876. The Morgan fingerprint density at radius 2 is 1.77 bits per heavy atom. The number of benzene rings is 2. The normalized spacial score (nSPS) is 11.2. The minimum Gasteiger partial charge on any atom is -0.366 e. The van der Waals surface area contributed by atoms with Gasteiger partial charge >= 0.3 is 6.18 Å². The molecule has 0 amide bonds. The molecule has 0 radical (unpaired) electrons. The highest BCUT2D eigenvalue weighted by Crippen LogP contribution is 2.31. The molecule has 1 heterocycles. The van der Waals surface area contributed by atoms with Crippen molar-refractivity contribution in [3.05, 3.63) is 77.5 Å². The minimum atomic E-state index is -4.39. The third-order valence-corrected chi connectivity index (χ3v) is 3.70. The molecule has 2 aromatic carbocycles.